The molecule has 0 aliphatic heterocycles. The van der Waals surface area contributed by atoms with E-state index in [1.807, 2.05) is 32.0 Å². The fourth-order valence-electron chi connectivity index (χ4n) is 2.24. The molecule has 0 spiro atoms. The van der Waals surface area contributed by atoms with E-state index in [0.717, 1.165) is 16.8 Å². The summed E-state index contributed by atoms with van der Waals surface area (Å²) in [4.78, 5) is 14.2. The quantitative estimate of drug-likeness (QED) is 0.829. The van der Waals surface area contributed by atoms with Gasteiger partial charge in [0.1, 0.15) is 0 Å². The fraction of sp³-hybridized carbons (Fsp3) is 0.188. The number of hydrogen-bond acceptors (Lipinski definition) is 2. The molecule has 0 aliphatic carbocycles. The molecular weight excluding hydrogens is 307 g/mol. The highest BCUT2D eigenvalue weighted by Crippen LogP contribution is 2.31. The Bertz CT molecular complexity index is 714. The molecule has 21 heavy (non-hydrogen) atoms. The molecule has 110 valence electrons. The van der Waals surface area contributed by atoms with Crippen molar-refractivity contribution in [2.75, 3.05) is 17.7 Å². The van der Waals surface area contributed by atoms with Gasteiger partial charge in [-0.1, -0.05) is 40.9 Å². The number of rotatable bonds is 2. The number of nitrogen functional groups attached to an aromatic ring is 1. The van der Waals surface area contributed by atoms with Crippen molar-refractivity contribution in [3.05, 3.63) is 57.1 Å². The van der Waals surface area contributed by atoms with E-state index in [4.69, 9.17) is 28.9 Å². The van der Waals surface area contributed by atoms with Crippen LogP contribution in [0.5, 0.6) is 0 Å². The number of aryl methyl sites for hydroxylation is 2. The van der Waals surface area contributed by atoms with Crippen LogP contribution >= 0.6 is 23.2 Å². The Morgan fingerprint density at radius 2 is 1.81 bits per heavy atom. The molecule has 0 bridgehead atoms. The third-order valence-corrected chi connectivity index (χ3v) is 4.10. The van der Waals surface area contributed by atoms with E-state index in [1.165, 1.54) is 12.1 Å². The number of halogens is 2. The molecular formula is C16H16Cl2N2O. The zero-order valence-corrected chi connectivity index (χ0v) is 13.6. The molecule has 2 rings (SSSR count). The Hall–Kier alpha value is -1.71. The number of carbonyl (C=O) groups excluding carboxylic acids is 1. The van der Waals surface area contributed by atoms with Crippen molar-refractivity contribution < 1.29 is 4.79 Å². The molecule has 0 radical (unpaired) electrons. The SMILES string of the molecule is Cc1ccc(N(C)C(=O)c2cc(N)cc(Cl)c2Cl)c(C)c1. The Balaban J connectivity index is 2.44. The van der Waals surface area contributed by atoms with Crippen LogP contribution in [0.3, 0.4) is 0 Å². The molecule has 0 unspecified atom stereocenters. The number of nitrogens with zero attached hydrogens (tertiary/aromatic N) is 1. The van der Waals surface area contributed by atoms with Crippen LogP contribution in [0.4, 0.5) is 11.4 Å². The summed E-state index contributed by atoms with van der Waals surface area (Å²) in [6.45, 7) is 3.97. The number of amides is 1. The average Bonchev–Trinajstić information content (AvgIpc) is 2.41. The van der Waals surface area contributed by atoms with E-state index in [-0.39, 0.29) is 16.0 Å². The third-order valence-electron chi connectivity index (χ3n) is 3.30. The lowest BCUT2D eigenvalue weighted by molar-refractivity contribution is 0.0993. The van der Waals surface area contributed by atoms with Gasteiger partial charge in [0.25, 0.3) is 5.91 Å². The highest BCUT2D eigenvalue weighted by molar-refractivity contribution is 6.44. The first kappa shape index (κ1) is 15.7. The van der Waals surface area contributed by atoms with E-state index >= 15 is 0 Å². The van der Waals surface area contributed by atoms with Gasteiger partial charge in [-0.2, -0.15) is 0 Å². The second-order valence-electron chi connectivity index (χ2n) is 5.02. The van der Waals surface area contributed by atoms with Gasteiger partial charge in [0.05, 0.1) is 15.6 Å². The zero-order chi connectivity index (χ0) is 15.7. The van der Waals surface area contributed by atoms with Crippen LogP contribution in [-0.4, -0.2) is 13.0 Å². The summed E-state index contributed by atoms with van der Waals surface area (Å²) in [7, 11) is 1.70. The fourth-order valence-corrected chi connectivity index (χ4v) is 2.66. The highest BCUT2D eigenvalue weighted by atomic mass is 35.5. The molecule has 0 saturated carbocycles. The molecule has 2 aromatic rings. The molecule has 1 amide bonds. The number of benzene rings is 2. The van der Waals surface area contributed by atoms with Gasteiger partial charge in [-0.3, -0.25) is 4.79 Å². The molecule has 0 atom stereocenters. The van der Waals surface area contributed by atoms with Crippen LogP contribution in [0.1, 0.15) is 21.5 Å². The standard InChI is InChI=1S/C16H16Cl2N2O/c1-9-4-5-14(10(2)6-9)20(3)16(21)12-7-11(19)8-13(17)15(12)18/h4-8H,19H2,1-3H3. The monoisotopic (exact) mass is 322 g/mol. The van der Waals surface area contributed by atoms with Crippen molar-refractivity contribution in [3.8, 4) is 0 Å². The third kappa shape index (κ3) is 3.14. The lowest BCUT2D eigenvalue weighted by Crippen LogP contribution is -2.27. The van der Waals surface area contributed by atoms with Gasteiger partial charge < -0.3 is 10.6 Å². The van der Waals surface area contributed by atoms with Crippen molar-refractivity contribution in [1.82, 2.24) is 0 Å². The number of hydrogen-bond donors (Lipinski definition) is 1. The molecule has 2 aromatic carbocycles. The molecule has 0 saturated heterocycles. The minimum atomic E-state index is -0.249. The molecule has 0 aromatic heterocycles. The molecule has 5 heteroatoms. The van der Waals surface area contributed by atoms with Crippen molar-refractivity contribution in [1.29, 1.82) is 0 Å². The largest absolute Gasteiger partial charge is 0.399 e. The molecule has 0 heterocycles. The average molecular weight is 323 g/mol. The Morgan fingerprint density at radius 1 is 1.14 bits per heavy atom. The van der Waals surface area contributed by atoms with Gasteiger partial charge in [-0.25, -0.2) is 0 Å². The van der Waals surface area contributed by atoms with E-state index < -0.39 is 0 Å². The smallest absolute Gasteiger partial charge is 0.259 e. The van der Waals surface area contributed by atoms with E-state index in [2.05, 4.69) is 0 Å². The van der Waals surface area contributed by atoms with Gasteiger partial charge in [0, 0.05) is 18.4 Å². The van der Waals surface area contributed by atoms with Crippen LogP contribution in [0.25, 0.3) is 0 Å². The van der Waals surface area contributed by atoms with Crippen LogP contribution < -0.4 is 10.6 Å². The van der Waals surface area contributed by atoms with Crippen LogP contribution in [0.15, 0.2) is 30.3 Å². The summed E-state index contributed by atoms with van der Waals surface area (Å²) in [5.74, 6) is -0.249. The summed E-state index contributed by atoms with van der Waals surface area (Å²) >= 11 is 12.1. The minimum Gasteiger partial charge on any atom is -0.399 e. The Morgan fingerprint density at radius 3 is 2.43 bits per heavy atom. The number of anilines is 2. The molecule has 0 aliphatic rings. The van der Waals surface area contributed by atoms with E-state index in [9.17, 15) is 4.79 Å². The summed E-state index contributed by atoms with van der Waals surface area (Å²) in [6.07, 6.45) is 0. The van der Waals surface area contributed by atoms with Gasteiger partial charge in [0.2, 0.25) is 0 Å². The maximum Gasteiger partial charge on any atom is 0.259 e. The van der Waals surface area contributed by atoms with Crippen molar-refractivity contribution in [2.45, 2.75) is 13.8 Å². The van der Waals surface area contributed by atoms with Crippen molar-refractivity contribution >= 4 is 40.5 Å². The maximum atomic E-state index is 12.6. The van der Waals surface area contributed by atoms with Gasteiger partial charge >= 0.3 is 0 Å². The van der Waals surface area contributed by atoms with Crippen LogP contribution in [0.2, 0.25) is 10.0 Å². The van der Waals surface area contributed by atoms with Gasteiger partial charge in [-0.15, -0.1) is 0 Å². The summed E-state index contributed by atoms with van der Waals surface area (Å²) in [6, 6.07) is 8.95. The highest BCUT2D eigenvalue weighted by Gasteiger charge is 2.20. The normalized spacial score (nSPS) is 10.5. The van der Waals surface area contributed by atoms with Gasteiger partial charge in [0.15, 0.2) is 0 Å². The zero-order valence-electron chi connectivity index (χ0n) is 12.1. The van der Waals surface area contributed by atoms with Crippen LogP contribution in [-0.2, 0) is 0 Å². The summed E-state index contributed by atoms with van der Waals surface area (Å²) < 4.78 is 0. The number of nitrogens with two attached hydrogens (primary N) is 1. The maximum absolute atomic E-state index is 12.6. The Labute approximate surface area is 134 Å². The molecule has 0 fully saturated rings. The predicted molar refractivity (Wildman–Crippen MR) is 89.5 cm³/mol. The first-order valence-electron chi connectivity index (χ1n) is 6.41. The summed E-state index contributed by atoms with van der Waals surface area (Å²) in [5, 5.41) is 0.488. The molecule has 3 nitrogen and oxygen atoms in total. The first-order valence-corrected chi connectivity index (χ1v) is 7.16. The van der Waals surface area contributed by atoms with Gasteiger partial charge in [-0.05, 0) is 37.6 Å². The second-order valence-corrected chi connectivity index (χ2v) is 5.80. The van der Waals surface area contributed by atoms with E-state index in [0.29, 0.717) is 11.3 Å². The Kier molecular flexibility index (Phi) is 4.45. The number of carbonyl (C=O) groups is 1. The van der Waals surface area contributed by atoms with E-state index in [1.54, 1.807) is 11.9 Å². The van der Waals surface area contributed by atoms with Crippen molar-refractivity contribution in [2.24, 2.45) is 0 Å². The van der Waals surface area contributed by atoms with Crippen LogP contribution in [0, 0.1) is 13.8 Å². The lowest BCUT2D eigenvalue weighted by Gasteiger charge is -2.21. The second kappa shape index (κ2) is 5.96. The molecule has 2 N–H and O–H groups in total. The lowest BCUT2D eigenvalue weighted by atomic mass is 10.1. The topological polar surface area (TPSA) is 46.3 Å². The predicted octanol–water partition coefficient (Wildman–Crippen LogP) is 4.47. The minimum absolute atomic E-state index is 0.215. The van der Waals surface area contributed by atoms with Crippen molar-refractivity contribution in [3.63, 3.8) is 0 Å². The first-order chi connectivity index (χ1) is 9.81. The summed E-state index contributed by atoms with van der Waals surface area (Å²) in [5.41, 5.74) is 9.41.